The number of piperidine rings is 1. The summed E-state index contributed by atoms with van der Waals surface area (Å²) in [5.41, 5.74) is 2.93. The summed E-state index contributed by atoms with van der Waals surface area (Å²) in [5.74, 6) is 0.443. The Morgan fingerprint density at radius 3 is 2.55 bits per heavy atom. The summed E-state index contributed by atoms with van der Waals surface area (Å²) in [6, 6.07) is 16.1. The lowest BCUT2D eigenvalue weighted by atomic mass is 10.0. The Hall–Kier alpha value is -3.15. The predicted molar refractivity (Wildman–Crippen MR) is 124 cm³/mol. The van der Waals surface area contributed by atoms with Crippen molar-refractivity contribution in [1.29, 1.82) is 0 Å². The predicted octanol–water partition coefficient (Wildman–Crippen LogP) is 3.93. The first kappa shape index (κ1) is 21.1. The van der Waals surface area contributed by atoms with Crippen LogP contribution in [0.5, 0.6) is 0 Å². The van der Waals surface area contributed by atoms with Crippen LogP contribution in [0.25, 0.3) is 10.8 Å². The van der Waals surface area contributed by atoms with Gasteiger partial charge in [0, 0.05) is 30.2 Å². The van der Waals surface area contributed by atoms with E-state index in [2.05, 4.69) is 48.5 Å². The summed E-state index contributed by atoms with van der Waals surface area (Å²) in [6.07, 6.45) is 1.95. The number of rotatable bonds is 5. The topological polar surface area (TPSA) is 67.2 Å². The SMILES string of the molecule is Cc1nn(CC(=O)N2CCCC(Nc3ccc(C(C)C)cc3)C2)c(=O)c2ccccc12. The van der Waals surface area contributed by atoms with Crippen LogP contribution in [-0.2, 0) is 11.3 Å². The molecule has 1 aliphatic rings. The van der Waals surface area contributed by atoms with Crippen molar-refractivity contribution in [1.82, 2.24) is 14.7 Å². The van der Waals surface area contributed by atoms with Crippen molar-refractivity contribution >= 4 is 22.4 Å². The maximum absolute atomic E-state index is 13.0. The van der Waals surface area contributed by atoms with E-state index < -0.39 is 0 Å². The van der Waals surface area contributed by atoms with E-state index >= 15 is 0 Å². The van der Waals surface area contributed by atoms with Crippen LogP contribution in [0.3, 0.4) is 0 Å². The molecule has 6 heteroatoms. The second-order valence-electron chi connectivity index (χ2n) is 8.69. The van der Waals surface area contributed by atoms with E-state index in [1.807, 2.05) is 30.0 Å². The van der Waals surface area contributed by atoms with Crippen LogP contribution in [-0.4, -0.2) is 39.7 Å². The number of likely N-dealkylation sites (tertiary alicyclic amines) is 1. The Bertz CT molecular complexity index is 1130. The molecule has 6 nitrogen and oxygen atoms in total. The molecule has 1 amide bonds. The van der Waals surface area contributed by atoms with Gasteiger partial charge in [-0.2, -0.15) is 5.10 Å². The van der Waals surface area contributed by atoms with E-state index in [1.165, 1.54) is 10.2 Å². The normalized spacial score (nSPS) is 16.6. The summed E-state index contributed by atoms with van der Waals surface area (Å²) in [7, 11) is 0. The lowest BCUT2D eigenvalue weighted by Gasteiger charge is -2.34. The van der Waals surface area contributed by atoms with Crippen molar-refractivity contribution in [2.75, 3.05) is 18.4 Å². The molecular weight excluding hydrogens is 388 g/mol. The molecule has 1 atom stereocenters. The van der Waals surface area contributed by atoms with E-state index in [0.717, 1.165) is 29.6 Å². The van der Waals surface area contributed by atoms with Gasteiger partial charge in [-0.05, 0) is 49.4 Å². The molecule has 3 aromatic rings. The highest BCUT2D eigenvalue weighted by molar-refractivity contribution is 5.83. The number of hydrogen-bond acceptors (Lipinski definition) is 4. The summed E-state index contributed by atoms with van der Waals surface area (Å²) < 4.78 is 1.31. The molecule has 1 saturated heterocycles. The molecule has 31 heavy (non-hydrogen) atoms. The first-order valence-corrected chi connectivity index (χ1v) is 11.0. The maximum Gasteiger partial charge on any atom is 0.275 e. The molecule has 1 aliphatic heterocycles. The number of amides is 1. The van der Waals surface area contributed by atoms with Gasteiger partial charge < -0.3 is 10.2 Å². The van der Waals surface area contributed by atoms with Gasteiger partial charge in [-0.3, -0.25) is 9.59 Å². The summed E-state index contributed by atoms with van der Waals surface area (Å²) in [6.45, 7) is 7.56. The van der Waals surface area contributed by atoms with Crippen LogP contribution in [0.15, 0.2) is 53.3 Å². The molecule has 1 aromatic heterocycles. The van der Waals surface area contributed by atoms with Gasteiger partial charge in [0.1, 0.15) is 6.54 Å². The average molecular weight is 419 g/mol. The van der Waals surface area contributed by atoms with Crippen molar-refractivity contribution in [3.05, 3.63) is 70.1 Å². The van der Waals surface area contributed by atoms with Gasteiger partial charge in [-0.15, -0.1) is 0 Å². The van der Waals surface area contributed by atoms with Gasteiger partial charge in [0.05, 0.1) is 11.1 Å². The molecule has 1 unspecified atom stereocenters. The number of carbonyl (C=O) groups excluding carboxylic acids is 1. The largest absolute Gasteiger partial charge is 0.381 e. The Morgan fingerprint density at radius 1 is 1.13 bits per heavy atom. The monoisotopic (exact) mass is 418 g/mol. The van der Waals surface area contributed by atoms with Crippen LogP contribution >= 0.6 is 0 Å². The van der Waals surface area contributed by atoms with E-state index in [-0.39, 0.29) is 24.1 Å². The van der Waals surface area contributed by atoms with Crippen molar-refractivity contribution in [3.63, 3.8) is 0 Å². The van der Waals surface area contributed by atoms with Gasteiger partial charge in [0.15, 0.2) is 0 Å². The lowest BCUT2D eigenvalue weighted by molar-refractivity contribution is -0.133. The molecule has 2 aromatic carbocycles. The molecule has 1 fully saturated rings. The van der Waals surface area contributed by atoms with Gasteiger partial charge >= 0.3 is 0 Å². The number of nitrogens with zero attached hydrogens (tertiary/aromatic N) is 3. The van der Waals surface area contributed by atoms with Gasteiger partial charge in [-0.1, -0.05) is 44.2 Å². The van der Waals surface area contributed by atoms with Gasteiger partial charge in [0.2, 0.25) is 5.91 Å². The van der Waals surface area contributed by atoms with Crippen LogP contribution < -0.4 is 10.9 Å². The van der Waals surface area contributed by atoms with Crippen molar-refractivity contribution < 1.29 is 4.79 Å². The molecule has 0 radical (unpaired) electrons. The number of aryl methyl sites for hydroxylation is 1. The number of anilines is 1. The lowest BCUT2D eigenvalue weighted by Crippen LogP contribution is -2.47. The zero-order valence-corrected chi connectivity index (χ0v) is 18.5. The number of carbonyl (C=O) groups is 1. The third-order valence-corrected chi connectivity index (χ3v) is 6.06. The van der Waals surface area contributed by atoms with Crippen molar-refractivity contribution in [2.24, 2.45) is 0 Å². The number of hydrogen-bond donors (Lipinski definition) is 1. The maximum atomic E-state index is 13.0. The van der Waals surface area contributed by atoms with Crippen molar-refractivity contribution in [3.8, 4) is 0 Å². The standard InChI is InChI=1S/C25H30N4O2/c1-17(2)19-10-12-20(13-11-19)26-21-7-6-14-28(15-21)24(30)16-29-25(31)23-9-5-4-8-22(23)18(3)27-29/h4-5,8-13,17,21,26H,6-7,14-16H2,1-3H3. The third-order valence-electron chi connectivity index (χ3n) is 6.06. The molecular formula is C25H30N4O2. The van der Waals surface area contributed by atoms with E-state index in [4.69, 9.17) is 0 Å². The quantitative estimate of drug-likeness (QED) is 0.682. The summed E-state index contributed by atoms with van der Waals surface area (Å²) in [4.78, 5) is 27.6. The van der Waals surface area contributed by atoms with Crippen LogP contribution in [0, 0.1) is 6.92 Å². The van der Waals surface area contributed by atoms with Crippen LogP contribution in [0.1, 0.15) is 43.9 Å². The summed E-state index contributed by atoms with van der Waals surface area (Å²) >= 11 is 0. The van der Waals surface area contributed by atoms with E-state index in [0.29, 0.717) is 24.4 Å². The molecule has 162 valence electrons. The number of aromatic nitrogens is 2. The third kappa shape index (κ3) is 4.63. The highest BCUT2D eigenvalue weighted by atomic mass is 16.2. The Morgan fingerprint density at radius 2 is 1.84 bits per heavy atom. The molecule has 0 bridgehead atoms. The number of fused-ring (bicyclic) bond motifs is 1. The highest BCUT2D eigenvalue weighted by Crippen LogP contribution is 2.20. The minimum atomic E-state index is -0.216. The molecule has 2 heterocycles. The van der Waals surface area contributed by atoms with Gasteiger partial charge in [0.25, 0.3) is 5.56 Å². The first-order chi connectivity index (χ1) is 14.9. The fourth-order valence-electron chi connectivity index (χ4n) is 4.26. The number of benzene rings is 2. The number of nitrogens with one attached hydrogen (secondary N) is 1. The Labute approximate surface area is 182 Å². The Balaban J connectivity index is 1.44. The Kier molecular flexibility index (Phi) is 6.07. The fourth-order valence-corrected chi connectivity index (χ4v) is 4.26. The zero-order valence-electron chi connectivity index (χ0n) is 18.5. The molecule has 0 aliphatic carbocycles. The van der Waals surface area contributed by atoms with E-state index in [9.17, 15) is 9.59 Å². The summed E-state index contributed by atoms with van der Waals surface area (Å²) in [5, 5.41) is 9.39. The highest BCUT2D eigenvalue weighted by Gasteiger charge is 2.24. The molecule has 0 spiro atoms. The fraction of sp³-hybridized carbons (Fsp3) is 0.400. The zero-order chi connectivity index (χ0) is 22.0. The first-order valence-electron chi connectivity index (χ1n) is 11.0. The minimum absolute atomic E-state index is 0.0275. The smallest absolute Gasteiger partial charge is 0.275 e. The van der Waals surface area contributed by atoms with Gasteiger partial charge in [-0.25, -0.2) is 4.68 Å². The second kappa shape index (κ2) is 8.92. The van der Waals surface area contributed by atoms with Crippen LogP contribution in [0.4, 0.5) is 5.69 Å². The molecule has 0 saturated carbocycles. The average Bonchev–Trinajstić information content (AvgIpc) is 2.78. The minimum Gasteiger partial charge on any atom is -0.381 e. The second-order valence-corrected chi connectivity index (χ2v) is 8.69. The molecule has 4 rings (SSSR count). The van der Waals surface area contributed by atoms with E-state index in [1.54, 1.807) is 6.07 Å². The van der Waals surface area contributed by atoms with Crippen LogP contribution in [0.2, 0.25) is 0 Å². The molecule has 1 N–H and O–H groups in total. The van der Waals surface area contributed by atoms with Crippen molar-refractivity contribution in [2.45, 2.75) is 52.1 Å².